The third-order valence-electron chi connectivity index (χ3n) is 2.52. The van der Waals surface area contributed by atoms with Crippen molar-refractivity contribution in [1.82, 2.24) is 10.6 Å². The second-order valence-corrected chi connectivity index (χ2v) is 4.24. The smallest absolute Gasteiger partial charge is 0.326 e. The van der Waals surface area contributed by atoms with Gasteiger partial charge in [0.15, 0.2) is 0 Å². The van der Waals surface area contributed by atoms with E-state index in [0.717, 1.165) is 6.29 Å². The molecule has 0 heterocycles. The van der Waals surface area contributed by atoms with E-state index in [1.165, 1.54) is 0 Å². The van der Waals surface area contributed by atoms with Gasteiger partial charge in [0.2, 0.25) is 0 Å². The van der Waals surface area contributed by atoms with Gasteiger partial charge in [0.25, 0.3) is 0 Å². The van der Waals surface area contributed by atoms with E-state index < -0.39 is 24.0 Å². The zero-order valence-electron chi connectivity index (χ0n) is 11.1. The van der Waals surface area contributed by atoms with Crippen molar-refractivity contribution in [2.75, 3.05) is 6.54 Å². The number of aldehydes is 1. The number of aliphatic carboxylic acids is 2. The summed E-state index contributed by atoms with van der Waals surface area (Å²) in [6.45, 7) is 0.162. The Kier molecular flexibility index (Phi) is 9.63. The molecular formula is C12H20N2O6. The molecule has 0 aliphatic rings. The van der Waals surface area contributed by atoms with Crippen molar-refractivity contribution < 1.29 is 29.4 Å². The summed E-state index contributed by atoms with van der Waals surface area (Å²) in [5.74, 6) is -2.09. The van der Waals surface area contributed by atoms with Crippen LogP contribution in [0.15, 0.2) is 0 Å². The number of carbonyl (C=O) groups excluding carboxylic acids is 2. The van der Waals surface area contributed by atoms with Crippen molar-refractivity contribution in [2.24, 2.45) is 0 Å². The third-order valence-corrected chi connectivity index (χ3v) is 2.52. The molecule has 0 aromatic rings. The van der Waals surface area contributed by atoms with Crippen LogP contribution in [0.25, 0.3) is 0 Å². The van der Waals surface area contributed by atoms with E-state index in [1.54, 1.807) is 0 Å². The van der Waals surface area contributed by atoms with Crippen LogP contribution in [0.3, 0.4) is 0 Å². The van der Waals surface area contributed by atoms with Crippen molar-refractivity contribution in [3.63, 3.8) is 0 Å². The largest absolute Gasteiger partial charge is 0.481 e. The SMILES string of the molecule is O=CCCCCC(NC(=O)NCCCC(=O)O)C(=O)O. The van der Waals surface area contributed by atoms with E-state index in [2.05, 4.69) is 10.6 Å². The van der Waals surface area contributed by atoms with E-state index in [0.29, 0.717) is 19.3 Å². The van der Waals surface area contributed by atoms with Gasteiger partial charge in [0, 0.05) is 19.4 Å². The first-order valence-corrected chi connectivity index (χ1v) is 6.40. The highest BCUT2D eigenvalue weighted by Crippen LogP contribution is 2.03. The fourth-order valence-corrected chi connectivity index (χ4v) is 1.48. The van der Waals surface area contributed by atoms with Gasteiger partial charge in [-0.3, -0.25) is 4.79 Å². The Hall–Kier alpha value is -2.12. The minimum atomic E-state index is -1.14. The molecule has 1 unspecified atom stereocenters. The van der Waals surface area contributed by atoms with Gasteiger partial charge in [-0.2, -0.15) is 0 Å². The Morgan fingerprint density at radius 3 is 2.35 bits per heavy atom. The van der Waals surface area contributed by atoms with Crippen LogP contribution in [0.5, 0.6) is 0 Å². The van der Waals surface area contributed by atoms with E-state index in [1.807, 2.05) is 0 Å². The average molecular weight is 288 g/mol. The van der Waals surface area contributed by atoms with Gasteiger partial charge in [-0.1, -0.05) is 6.42 Å². The molecule has 0 aliphatic heterocycles. The number of nitrogens with one attached hydrogen (secondary N) is 2. The Morgan fingerprint density at radius 1 is 1.10 bits per heavy atom. The first-order chi connectivity index (χ1) is 9.47. The summed E-state index contributed by atoms with van der Waals surface area (Å²) in [5.41, 5.74) is 0. The maximum absolute atomic E-state index is 11.4. The maximum atomic E-state index is 11.4. The van der Waals surface area contributed by atoms with E-state index in [9.17, 15) is 19.2 Å². The third kappa shape index (κ3) is 9.86. The fourth-order valence-electron chi connectivity index (χ4n) is 1.48. The molecule has 114 valence electrons. The highest BCUT2D eigenvalue weighted by Gasteiger charge is 2.18. The van der Waals surface area contributed by atoms with Gasteiger partial charge >= 0.3 is 18.0 Å². The lowest BCUT2D eigenvalue weighted by molar-refractivity contribution is -0.139. The molecule has 0 fully saturated rings. The second kappa shape index (κ2) is 10.8. The first-order valence-electron chi connectivity index (χ1n) is 6.40. The summed E-state index contributed by atoms with van der Waals surface area (Å²) in [5, 5.41) is 22.0. The maximum Gasteiger partial charge on any atom is 0.326 e. The molecule has 0 saturated carbocycles. The van der Waals surface area contributed by atoms with Gasteiger partial charge < -0.3 is 25.6 Å². The van der Waals surface area contributed by atoms with Crippen LogP contribution in [0.1, 0.15) is 38.5 Å². The number of rotatable bonds is 11. The summed E-state index contributed by atoms with van der Waals surface area (Å²) >= 11 is 0. The van der Waals surface area contributed by atoms with Crippen LogP contribution in [-0.4, -0.2) is 47.1 Å². The molecule has 0 rings (SSSR count). The molecule has 2 amide bonds. The summed E-state index contributed by atoms with van der Waals surface area (Å²) in [6, 6.07) is -1.65. The zero-order valence-corrected chi connectivity index (χ0v) is 11.1. The van der Waals surface area contributed by atoms with Crippen LogP contribution in [0.2, 0.25) is 0 Å². The van der Waals surface area contributed by atoms with Crippen molar-refractivity contribution in [2.45, 2.75) is 44.6 Å². The predicted octanol–water partition coefficient (Wildman–Crippen LogP) is 0.363. The van der Waals surface area contributed by atoms with Crippen LogP contribution in [0.4, 0.5) is 4.79 Å². The Morgan fingerprint density at radius 2 is 1.80 bits per heavy atom. The van der Waals surface area contributed by atoms with Crippen LogP contribution < -0.4 is 10.6 Å². The van der Waals surface area contributed by atoms with Gasteiger partial charge in [-0.25, -0.2) is 9.59 Å². The molecule has 0 spiro atoms. The summed E-state index contributed by atoms with van der Waals surface area (Å²) < 4.78 is 0. The summed E-state index contributed by atoms with van der Waals surface area (Å²) in [4.78, 5) is 42.7. The number of amides is 2. The van der Waals surface area contributed by atoms with Gasteiger partial charge in [0.05, 0.1) is 0 Å². The topological polar surface area (TPSA) is 133 Å². The van der Waals surface area contributed by atoms with E-state index in [-0.39, 0.29) is 25.8 Å². The lowest BCUT2D eigenvalue weighted by Crippen LogP contribution is -2.46. The number of unbranched alkanes of at least 4 members (excludes halogenated alkanes) is 2. The van der Waals surface area contributed by atoms with Crippen molar-refractivity contribution in [1.29, 1.82) is 0 Å². The highest BCUT2D eigenvalue weighted by molar-refractivity contribution is 5.82. The van der Waals surface area contributed by atoms with Gasteiger partial charge in [0.1, 0.15) is 12.3 Å². The van der Waals surface area contributed by atoms with Crippen molar-refractivity contribution in [3.8, 4) is 0 Å². The average Bonchev–Trinajstić information content (AvgIpc) is 2.37. The summed E-state index contributed by atoms with van der Waals surface area (Å²) in [6.07, 6.45) is 2.69. The van der Waals surface area contributed by atoms with E-state index in [4.69, 9.17) is 10.2 Å². The van der Waals surface area contributed by atoms with Crippen LogP contribution >= 0.6 is 0 Å². The number of carboxylic acids is 2. The number of carboxylic acid groups (broad SMARTS) is 2. The quantitative estimate of drug-likeness (QED) is 0.320. The number of hydrogen-bond donors (Lipinski definition) is 4. The Balaban J connectivity index is 3.92. The normalized spacial score (nSPS) is 11.4. The van der Waals surface area contributed by atoms with E-state index >= 15 is 0 Å². The zero-order chi connectivity index (χ0) is 15.4. The molecule has 0 aromatic carbocycles. The Bertz CT molecular complexity index is 345. The molecule has 0 bridgehead atoms. The Labute approximate surface area is 116 Å². The molecule has 8 heteroatoms. The van der Waals surface area contributed by atoms with Crippen LogP contribution in [-0.2, 0) is 14.4 Å². The fraction of sp³-hybridized carbons (Fsp3) is 0.667. The minimum absolute atomic E-state index is 0.0612. The van der Waals surface area contributed by atoms with Gasteiger partial charge in [-0.15, -0.1) is 0 Å². The lowest BCUT2D eigenvalue weighted by Gasteiger charge is -2.14. The molecule has 0 radical (unpaired) electrons. The minimum Gasteiger partial charge on any atom is -0.481 e. The summed E-state index contributed by atoms with van der Waals surface area (Å²) in [7, 11) is 0. The number of hydrogen-bond acceptors (Lipinski definition) is 4. The van der Waals surface area contributed by atoms with Crippen molar-refractivity contribution in [3.05, 3.63) is 0 Å². The number of carbonyl (C=O) groups is 4. The van der Waals surface area contributed by atoms with Gasteiger partial charge in [-0.05, 0) is 19.3 Å². The highest BCUT2D eigenvalue weighted by atomic mass is 16.4. The van der Waals surface area contributed by atoms with Crippen LogP contribution in [0, 0.1) is 0 Å². The predicted molar refractivity (Wildman–Crippen MR) is 69.4 cm³/mol. The second-order valence-electron chi connectivity index (χ2n) is 4.24. The molecule has 0 aliphatic carbocycles. The van der Waals surface area contributed by atoms with Crippen molar-refractivity contribution >= 4 is 24.3 Å². The molecule has 8 nitrogen and oxygen atoms in total. The first kappa shape index (κ1) is 17.9. The molecule has 20 heavy (non-hydrogen) atoms. The monoisotopic (exact) mass is 288 g/mol. The lowest BCUT2D eigenvalue weighted by atomic mass is 10.1. The number of urea groups is 1. The molecular weight excluding hydrogens is 268 g/mol. The molecule has 1 atom stereocenters. The standard InChI is InChI=1S/C12H20N2O6/c15-8-3-1-2-5-9(11(18)19)14-12(20)13-7-4-6-10(16)17/h8-9H,1-7H2,(H,16,17)(H,18,19)(H2,13,14,20). The molecule has 4 N–H and O–H groups in total. The molecule has 0 saturated heterocycles. The molecule has 0 aromatic heterocycles.